The van der Waals surface area contributed by atoms with Crippen molar-refractivity contribution in [3.63, 3.8) is 0 Å². The van der Waals surface area contributed by atoms with E-state index < -0.39 is 22.1 Å². The van der Waals surface area contributed by atoms with Gasteiger partial charge in [0.15, 0.2) is 0 Å². The zero-order valence-electron chi connectivity index (χ0n) is 16.4. The number of amides is 1. The third-order valence-corrected chi connectivity index (χ3v) is 6.89. The van der Waals surface area contributed by atoms with Gasteiger partial charge < -0.3 is 9.64 Å². The second kappa shape index (κ2) is 8.27. The van der Waals surface area contributed by atoms with E-state index in [4.69, 9.17) is 0 Å². The second-order valence-electron chi connectivity index (χ2n) is 7.01. The van der Waals surface area contributed by atoms with Crippen LogP contribution >= 0.6 is 0 Å². The van der Waals surface area contributed by atoms with Gasteiger partial charge in [-0.25, -0.2) is 8.42 Å². The number of sulfonamides is 1. The Kier molecular flexibility index (Phi) is 6.09. The molecule has 3 rings (SSSR count). The van der Waals surface area contributed by atoms with Crippen molar-refractivity contribution in [2.75, 3.05) is 26.2 Å². The van der Waals surface area contributed by atoms with Crippen molar-refractivity contribution < 1.29 is 31.1 Å². The number of carbonyl (C=O) groups excluding carboxylic acids is 1. The van der Waals surface area contributed by atoms with Crippen LogP contribution in [0.4, 0.5) is 13.2 Å². The summed E-state index contributed by atoms with van der Waals surface area (Å²) in [5.74, 6) is -0.658. The Hall–Kier alpha value is -2.59. The predicted octanol–water partition coefficient (Wildman–Crippen LogP) is 3.35. The first-order valence-electron chi connectivity index (χ1n) is 9.20. The maximum atomic E-state index is 12.8. The topological polar surface area (TPSA) is 66.9 Å². The number of rotatable bonds is 4. The highest BCUT2D eigenvalue weighted by Crippen LogP contribution is 2.25. The number of aryl methyl sites for hydroxylation is 2. The zero-order valence-corrected chi connectivity index (χ0v) is 17.3. The number of piperazine rings is 1. The molecule has 1 saturated heterocycles. The highest BCUT2D eigenvalue weighted by atomic mass is 32.2. The normalized spacial score (nSPS) is 15.8. The van der Waals surface area contributed by atoms with E-state index in [1.165, 1.54) is 4.31 Å². The van der Waals surface area contributed by atoms with Crippen LogP contribution in [-0.2, 0) is 10.0 Å². The third kappa shape index (κ3) is 4.93. The molecule has 0 radical (unpaired) electrons. The quantitative estimate of drug-likeness (QED) is 0.729. The van der Waals surface area contributed by atoms with Crippen molar-refractivity contribution in [3.8, 4) is 5.75 Å². The number of halogens is 3. The summed E-state index contributed by atoms with van der Waals surface area (Å²) < 4.78 is 67.3. The Morgan fingerprint density at radius 2 is 1.53 bits per heavy atom. The molecule has 0 aliphatic carbocycles. The lowest BCUT2D eigenvalue weighted by Crippen LogP contribution is -2.50. The molecule has 6 nitrogen and oxygen atoms in total. The predicted molar refractivity (Wildman–Crippen MR) is 104 cm³/mol. The van der Waals surface area contributed by atoms with E-state index in [-0.39, 0.29) is 37.0 Å². The first-order chi connectivity index (χ1) is 14.0. The number of ether oxygens (including phenoxy) is 1. The SMILES string of the molecule is Cc1ccc(C(=O)N2CCN(S(=O)(=O)c3ccc(OC(F)(F)F)cc3)CC2)cc1C. The molecule has 1 aliphatic heterocycles. The number of nitrogens with zero attached hydrogens (tertiary/aromatic N) is 2. The molecule has 1 heterocycles. The molecule has 1 fully saturated rings. The summed E-state index contributed by atoms with van der Waals surface area (Å²) in [6.45, 7) is 4.51. The lowest BCUT2D eigenvalue weighted by atomic mass is 10.1. The molecule has 0 unspecified atom stereocenters. The van der Waals surface area contributed by atoms with E-state index in [1.54, 1.807) is 11.0 Å². The zero-order chi connectivity index (χ0) is 22.1. The number of hydrogen-bond donors (Lipinski definition) is 0. The highest BCUT2D eigenvalue weighted by Gasteiger charge is 2.33. The summed E-state index contributed by atoms with van der Waals surface area (Å²) in [6.07, 6.45) is -4.85. The van der Waals surface area contributed by atoms with Gasteiger partial charge in [-0.1, -0.05) is 6.07 Å². The summed E-state index contributed by atoms with van der Waals surface area (Å²) in [5.41, 5.74) is 2.63. The fraction of sp³-hybridized carbons (Fsp3) is 0.350. The molecule has 0 saturated carbocycles. The summed E-state index contributed by atoms with van der Waals surface area (Å²) >= 11 is 0. The molecule has 2 aromatic rings. The summed E-state index contributed by atoms with van der Waals surface area (Å²) in [7, 11) is -3.89. The monoisotopic (exact) mass is 442 g/mol. The molecule has 1 amide bonds. The fourth-order valence-corrected chi connectivity index (χ4v) is 4.57. The van der Waals surface area contributed by atoms with Crippen molar-refractivity contribution in [2.45, 2.75) is 25.1 Å². The summed E-state index contributed by atoms with van der Waals surface area (Å²) in [6, 6.07) is 9.49. The van der Waals surface area contributed by atoms with Gasteiger partial charge in [0, 0.05) is 31.7 Å². The van der Waals surface area contributed by atoms with Gasteiger partial charge in [0.1, 0.15) is 5.75 Å². The van der Waals surface area contributed by atoms with Crippen molar-refractivity contribution in [2.24, 2.45) is 0 Å². The van der Waals surface area contributed by atoms with E-state index in [0.29, 0.717) is 5.56 Å². The van der Waals surface area contributed by atoms with Crippen LogP contribution in [0.3, 0.4) is 0 Å². The van der Waals surface area contributed by atoms with Crippen molar-refractivity contribution in [3.05, 3.63) is 59.2 Å². The average Bonchev–Trinajstić information content (AvgIpc) is 2.69. The molecular formula is C20H21F3N2O4S. The standard InChI is InChI=1S/C20H21F3N2O4S/c1-14-3-4-16(13-15(14)2)19(26)24-9-11-25(12-10-24)30(27,28)18-7-5-17(6-8-18)29-20(21,22)23/h3-8,13H,9-12H2,1-2H3. The van der Waals surface area contributed by atoms with Crippen LogP contribution in [0.5, 0.6) is 5.75 Å². The number of hydrogen-bond acceptors (Lipinski definition) is 4. The van der Waals surface area contributed by atoms with Gasteiger partial charge in [0.25, 0.3) is 5.91 Å². The van der Waals surface area contributed by atoms with Crippen LogP contribution in [0, 0.1) is 13.8 Å². The molecule has 0 bridgehead atoms. The molecule has 30 heavy (non-hydrogen) atoms. The Morgan fingerprint density at radius 3 is 2.07 bits per heavy atom. The Balaban J connectivity index is 1.66. The molecule has 0 spiro atoms. The van der Waals surface area contributed by atoms with E-state index in [0.717, 1.165) is 35.4 Å². The average molecular weight is 442 g/mol. The van der Waals surface area contributed by atoms with Crippen LogP contribution in [0.1, 0.15) is 21.5 Å². The Bertz CT molecular complexity index is 1030. The third-order valence-electron chi connectivity index (χ3n) is 4.97. The van der Waals surface area contributed by atoms with Gasteiger partial charge in [-0.2, -0.15) is 4.31 Å². The smallest absolute Gasteiger partial charge is 0.406 e. The molecule has 1 aliphatic rings. The largest absolute Gasteiger partial charge is 0.573 e. The number of alkyl halides is 3. The summed E-state index contributed by atoms with van der Waals surface area (Å²) in [5, 5.41) is 0. The minimum Gasteiger partial charge on any atom is -0.406 e. The van der Waals surface area contributed by atoms with Gasteiger partial charge in [-0.15, -0.1) is 13.2 Å². The van der Waals surface area contributed by atoms with Gasteiger partial charge in [-0.05, 0) is 61.4 Å². The molecule has 10 heteroatoms. The van der Waals surface area contributed by atoms with Crippen LogP contribution < -0.4 is 4.74 Å². The van der Waals surface area contributed by atoms with Gasteiger partial charge in [0.2, 0.25) is 10.0 Å². The minimum absolute atomic E-state index is 0.0969. The number of carbonyl (C=O) groups is 1. The maximum absolute atomic E-state index is 12.8. The van der Waals surface area contributed by atoms with Crippen LogP contribution in [0.25, 0.3) is 0 Å². The van der Waals surface area contributed by atoms with Crippen molar-refractivity contribution in [1.82, 2.24) is 9.21 Å². The van der Waals surface area contributed by atoms with E-state index in [1.807, 2.05) is 26.0 Å². The molecular weight excluding hydrogens is 421 g/mol. The minimum atomic E-state index is -4.85. The molecule has 2 aromatic carbocycles. The first kappa shape index (κ1) is 22.1. The van der Waals surface area contributed by atoms with E-state index >= 15 is 0 Å². The summed E-state index contributed by atoms with van der Waals surface area (Å²) in [4.78, 5) is 14.2. The van der Waals surface area contributed by atoms with Crippen LogP contribution in [-0.4, -0.2) is 56.1 Å². The van der Waals surface area contributed by atoms with Gasteiger partial charge >= 0.3 is 6.36 Å². The molecule has 0 aromatic heterocycles. The van der Waals surface area contributed by atoms with E-state index in [2.05, 4.69) is 4.74 Å². The van der Waals surface area contributed by atoms with E-state index in [9.17, 15) is 26.4 Å². The second-order valence-corrected chi connectivity index (χ2v) is 8.95. The molecule has 0 atom stereocenters. The lowest BCUT2D eigenvalue weighted by Gasteiger charge is -2.34. The van der Waals surface area contributed by atoms with Crippen LogP contribution in [0.2, 0.25) is 0 Å². The first-order valence-corrected chi connectivity index (χ1v) is 10.6. The Labute approximate surface area is 172 Å². The van der Waals surface area contributed by atoms with Crippen molar-refractivity contribution in [1.29, 1.82) is 0 Å². The molecule has 0 N–H and O–H groups in total. The number of benzene rings is 2. The van der Waals surface area contributed by atoms with Crippen LogP contribution in [0.15, 0.2) is 47.4 Å². The maximum Gasteiger partial charge on any atom is 0.573 e. The van der Waals surface area contributed by atoms with Gasteiger partial charge in [-0.3, -0.25) is 4.79 Å². The highest BCUT2D eigenvalue weighted by molar-refractivity contribution is 7.89. The Morgan fingerprint density at radius 1 is 0.933 bits per heavy atom. The molecule has 162 valence electrons. The lowest BCUT2D eigenvalue weighted by molar-refractivity contribution is -0.274. The van der Waals surface area contributed by atoms with Crippen molar-refractivity contribution >= 4 is 15.9 Å². The fourth-order valence-electron chi connectivity index (χ4n) is 3.15. The van der Waals surface area contributed by atoms with Gasteiger partial charge in [0.05, 0.1) is 4.90 Å².